The molecular formula is C19H22Br2N2O2. The van der Waals surface area contributed by atoms with E-state index < -0.39 is 0 Å². The van der Waals surface area contributed by atoms with Gasteiger partial charge < -0.3 is 4.90 Å². The quantitative estimate of drug-likeness (QED) is 0.497. The molecule has 2 saturated carbocycles. The van der Waals surface area contributed by atoms with Crippen LogP contribution in [0.1, 0.15) is 20.3 Å². The zero-order valence-electron chi connectivity index (χ0n) is 14.4. The summed E-state index contributed by atoms with van der Waals surface area (Å²) in [6.07, 6.45) is 0.966. The number of benzene rings is 1. The Balaban J connectivity index is 1.62. The van der Waals surface area contributed by atoms with Gasteiger partial charge in [0.25, 0.3) is 0 Å². The molecule has 0 radical (unpaired) electrons. The van der Waals surface area contributed by atoms with E-state index in [9.17, 15) is 9.59 Å². The first kappa shape index (κ1) is 17.5. The number of amides is 2. The lowest BCUT2D eigenvalue weighted by Crippen LogP contribution is -2.37. The van der Waals surface area contributed by atoms with Crippen molar-refractivity contribution in [2.45, 2.75) is 29.9 Å². The smallest absolute Gasteiger partial charge is 0.238 e. The van der Waals surface area contributed by atoms with Crippen LogP contribution in [0.15, 0.2) is 24.3 Å². The number of hydrogen-bond acceptors (Lipinski definition) is 3. The molecule has 3 fully saturated rings. The van der Waals surface area contributed by atoms with Gasteiger partial charge in [0.05, 0.1) is 17.5 Å². The second-order valence-electron chi connectivity index (χ2n) is 7.20. The summed E-state index contributed by atoms with van der Waals surface area (Å²) < 4.78 is 0. The highest BCUT2D eigenvalue weighted by Crippen LogP contribution is 2.60. The van der Waals surface area contributed by atoms with E-state index in [1.165, 1.54) is 4.90 Å². The molecule has 0 unspecified atom stereocenters. The maximum Gasteiger partial charge on any atom is 0.238 e. The molecule has 4 rings (SSSR count). The highest BCUT2D eigenvalue weighted by atomic mass is 79.9. The first-order valence-electron chi connectivity index (χ1n) is 9.00. The van der Waals surface area contributed by atoms with Crippen molar-refractivity contribution in [1.29, 1.82) is 0 Å². The number of imide groups is 1. The predicted molar refractivity (Wildman–Crippen MR) is 107 cm³/mol. The van der Waals surface area contributed by atoms with Gasteiger partial charge in [-0.2, -0.15) is 0 Å². The van der Waals surface area contributed by atoms with Crippen LogP contribution in [-0.2, 0) is 9.59 Å². The molecule has 6 heteroatoms. The summed E-state index contributed by atoms with van der Waals surface area (Å²) in [5.74, 6) is 0.187. The van der Waals surface area contributed by atoms with Crippen LogP contribution in [0.5, 0.6) is 0 Å². The highest BCUT2D eigenvalue weighted by Gasteiger charge is 2.66. The van der Waals surface area contributed by atoms with E-state index in [4.69, 9.17) is 0 Å². The molecule has 2 aliphatic carbocycles. The van der Waals surface area contributed by atoms with E-state index in [0.29, 0.717) is 5.69 Å². The molecule has 2 bridgehead atoms. The minimum atomic E-state index is -0.155. The summed E-state index contributed by atoms with van der Waals surface area (Å²) in [6, 6.07) is 7.83. The number of carbonyl (C=O) groups excluding carboxylic acids is 2. The molecule has 3 aliphatic rings. The van der Waals surface area contributed by atoms with Crippen molar-refractivity contribution in [2.24, 2.45) is 23.7 Å². The Morgan fingerprint density at radius 1 is 0.960 bits per heavy atom. The van der Waals surface area contributed by atoms with Crippen molar-refractivity contribution in [2.75, 3.05) is 22.9 Å². The van der Waals surface area contributed by atoms with Crippen molar-refractivity contribution < 1.29 is 9.59 Å². The number of halogens is 2. The summed E-state index contributed by atoms with van der Waals surface area (Å²) in [4.78, 5) is 30.3. The molecule has 1 aromatic rings. The molecule has 134 valence electrons. The minimum absolute atomic E-state index is 0.0121. The first-order valence-corrected chi connectivity index (χ1v) is 10.8. The van der Waals surface area contributed by atoms with Crippen molar-refractivity contribution >= 4 is 55.0 Å². The summed E-state index contributed by atoms with van der Waals surface area (Å²) in [6.45, 7) is 6.11. The van der Waals surface area contributed by atoms with Crippen molar-refractivity contribution in [3.05, 3.63) is 24.3 Å². The normalized spacial score (nSPS) is 36.2. The third-order valence-electron chi connectivity index (χ3n) is 6.22. The van der Waals surface area contributed by atoms with Gasteiger partial charge in [-0.3, -0.25) is 14.5 Å². The maximum atomic E-state index is 13.0. The molecular weight excluding hydrogens is 448 g/mol. The predicted octanol–water partition coefficient (Wildman–Crippen LogP) is 3.82. The Hall–Kier alpha value is -0.880. The molecule has 1 aromatic carbocycles. The van der Waals surface area contributed by atoms with Crippen LogP contribution in [-0.4, -0.2) is 34.6 Å². The fourth-order valence-electron chi connectivity index (χ4n) is 5.00. The van der Waals surface area contributed by atoms with E-state index >= 15 is 0 Å². The van der Waals surface area contributed by atoms with E-state index in [1.54, 1.807) is 0 Å². The van der Waals surface area contributed by atoms with Gasteiger partial charge in [-0.25, -0.2) is 0 Å². The van der Waals surface area contributed by atoms with Crippen molar-refractivity contribution in [3.63, 3.8) is 0 Å². The van der Waals surface area contributed by atoms with E-state index in [2.05, 4.69) is 50.6 Å². The van der Waals surface area contributed by atoms with Crippen LogP contribution in [0.4, 0.5) is 11.4 Å². The van der Waals surface area contributed by atoms with Crippen LogP contribution >= 0.6 is 31.9 Å². The van der Waals surface area contributed by atoms with Crippen LogP contribution in [0, 0.1) is 23.7 Å². The topological polar surface area (TPSA) is 40.6 Å². The highest BCUT2D eigenvalue weighted by molar-refractivity contribution is 9.12. The number of anilines is 2. The summed E-state index contributed by atoms with van der Waals surface area (Å²) in [7, 11) is 0. The lowest BCUT2D eigenvalue weighted by atomic mass is 9.81. The van der Waals surface area contributed by atoms with Crippen LogP contribution in [0.2, 0.25) is 0 Å². The van der Waals surface area contributed by atoms with Crippen LogP contribution < -0.4 is 9.80 Å². The van der Waals surface area contributed by atoms with Crippen LogP contribution in [0.3, 0.4) is 0 Å². The molecule has 0 spiro atoms. The SMILES string of the molecule is CCN(CC)c1ccc(N2C(=O)[C@H]3[C@@H]4C[C@@H]([C@H](Br)[C@@H]4Br)[C@@H]3C2=O)cc1. The van der Waals surface area contributed by atoms with Crippen LogP contribution in [0.25, 0.3) is 0 Å². The fraction of sp³-hybridized carbons (Fsp3) is 0.579. The molecule has 0 N–H and O–H groups in total. The number of nitrogens with zero attached hydrogens (tertiary/aromatic N) is 2. The Kier molecular flexibility index (Phi) is 4.47. The summed E-state index contributed by atoms with van der Waals surface area (Å²) >= 11 is 7.46. The van der Waals surface area contributed by atoms with Crippen molar-refractivity contribution in [1.82, 2.24) is 0 Å². The number of hydrogen-bond donors (Lipinski definition) is 0. The van der Waals surface area contributed by atoms with Gasteiger partial charge in [0.15, 0.2) is 0 Å². The third-order valence-corrected chi connectivity index (χ3v) is 9.43. The lowest BCUT2D eigenvalue weighted by Gasteiger charge is -2.28. The number of alkyl halides is 2. The Labute approximate surface area is 165 Å². The maximum absolute atomic E-state index is 13.0. The standard InChI is InChI=1S/C19H22Br2N2O2/c1-3-22(4-2)10-5-7-11(8-6-10)23-18(24)14-12-9-13(15(14)19(23)25)17(21)16(12)20/h5-8,12-17H,3-4,9H2,1-2H3/t12-,13+,14-,15-,16+,17-/m0/s1. The van der Waals surface area contributed by atoms with Gasteiger partial charge in [0, 0.05) is 28.4 Å². The zero-order valence-corrected chi connectivity index (χ0v) is 17.5. The van der Waals surface area contributed by atoms with Gasteiger partial charge in [0.1, 0.15) is 0 Å². The summed E-state index contributed by atoms with van der Waals surface area (Å²) in [5, 5.41) is 0. The molecule has 1 heterocycles. The fourth-order valence-corrected chi connectivity index (χ4v) is 6.88. The molecule has 1 aliphatic heterocycles. The molecule has 2 amide bonds. The zero-order chi connectivity index (χ0) is 17.9. The van der Waals surface area contributed by atoms with E-state index in [0.717, 1.165) is 25.2 Å². The average molecular weight is 470 g/mol. The van der Waals surface area contributed by atoms with Gasteiger partial charge in [-0.15, -0.1) is 0 Å². The summed E-state index contributed by atoms with van der Waals surface area (Å²) in [5.41, 5.74) is 1.83. The molecule has 25 heavy (non-hydrogen) atoms. The minimum Gasteiger partial charge on any atom is -0.372 e. The number of carbonyl (C=O) groups is 2. The molecule has 1 saturated heterocycles. The number of rotatable bonds is 4. The molecule has 4 nitrogen and oxygen atoms in total. The van der Waals surface area contributed by atoms with E-state index in [-0.39, 0.29) is 45.1 Å². The van der Waals surface area contributed by atoms with Gasteiger partial charge in [-0.05, 0) is 56.4 Å². The monoisotopic (exact) mass is 468 g/mol. The van der Waals surface area contributed by atoms with Gasteiger partial charge >= 0.3 is 0 Å². The Morgan fingerprint density at radius 3 is 1.88 bits per heavy atom. The second kappa shape index (κ2) is 6.38. The molecule has 6 atom stereocenters. The first-order chi connectivity index (χ1) is 12.0. The number of fused-ring (bicyclic) bond motifs is 5. The lowest BCUT2D eigenvalue weighted by molar-refractivity contribution is -0.123. The van der Waals surface area contributed by atoms with Crippen molar-refractivity contribution in [3.8, 4) is 0 Å². The molecule has 0 aromatic heterocycles. The Bertz CT molecular complexity index is 672. The van der Waals surface area contributed by atoms with Gasteiger partial charge in [-0.1, -0.05) is 31.9 Å². The largest absolute Gasteiger partial charge is 0.372 e. The Morgan fingerprint density at radius 2 is 1.44 bits per heavy atom. The third kappa shape index (κ3) is 2.43. The van der Waals surface area contributed by atoms with Gasteiger partial charge in [0.2, 0.25) is 11.8 Å². The van der Waals surface area contributed by atoms with E-state index in [1.807, 2.05) is 24.3 Å². The average Bonchev–Trinajstić information content (AvgIpc) is 3.22. The second-order valence-corrected chi connectivity index (χ2v) is 9.32.